The van der Waals surface area contributed by atoms with Crippen LogP contribution < -0.4 is 0 Å². The van der Waals surface area contributed by atoms with Gasteiger partial charge in [0.25, 0.3) is 0 Å². The molecule has 0 aliphatic rings. The van der Waals surface area contributed by atoms with E-state index >= 15 is 0 Å². The Hall–Kier alpha value is -1.12. The smallest absolute Gasteiger partial charge is 0.0827 e. The molecule has 0 unspecified atom stereocenters. The average molecular weight is 221 g/mol. The number of hydrogen-bond donors (Lipinski definition) is 0. The second-order valence-electron chi connectivity index (χ2n) is 5.00. The van der Waals surface area contributed by atoms with Crippen molar-refractivity contribution in [2.24, 2.45) is 5.92 Å². The largest absolute Gasteiger partial charge is 0.252 e. The molecule has 1 heterocycles. The van der Waals surface area contributed by atoms with Crippen molar-refractivity contribution in [3.63, 3.8) is 0 Å². The maximum absolute atomic E-state index is 4.18. The van der Waals surface area contributed by atoms with Crippen molar-refractivity contribution in [1.29, 1.82) is 0 Å². The van der Waals surface area contributed by atoms with Crippen LogP contribution in [0.25, 0.3) is 0 Å². The van der Waals surface area contributed by atoms with Gasteiger partial charge in [0.15, 0.2) is 0 Å². The number of nitrogens with zero attached hydrogens (tertiary/aromatic N) is 3. The van der Waals surface area contributed by atoms with Crippen molar-refractivity contribution in [3.05, 3.63) is 23.5 Å². The number of hydrogen-bond acceptors (Lipinski definition) is 2. The third-order valence-corrected chi connectivity index (χ3v) is 2.33. The molecule has 0 amide bonds. The Morgan fingerprint density at radius 1 is 1.44 bits per heavy atom. The lowest BCUT2D eigenvalue weighted by Gasteiger charge is -2.01. The highest BCUT2D eigenvalue weighted by Crippen LogP contribution is 2.05. The Morgan fingerprint density at radius 2 is 2.19 bits per heavy atom. The van der Waals surface area contributed by atoms with Crippen molar-refractivity contribution in [2.75, 3.05) is 0 Å². The third kappa shape index (κ3) is 5.10. The molecule has 1 aromatic heterocycles. The molecule has 1 rings (SSSR count). The summed E-state index contributed by atoms with van der Waals surface area (Å²) in [6, 6.07) is 0. The zero-order valence-corrected chi connectivity index (χ0v) is 10.9. The van der Waals surface area contributed by atoms with Crippen molar-refractivity contribution in [1.82, 2.24) is 15.0 Å². The molecule has 90 valence electrons. The first-order valence-corrected chi connectivity index (χ1v) is 6.10. The van der Waals surface area contributed by atoms with Gasteiger partial charge in [-0.25, -0.2) is 0 Å². The average Bonchev–Trinajstić information content (AvgIpc) is 2.59. The minimum atomic E-state index is 0.625. The normalized spacial score (nSPS) is 10.8. The van der Waals surface area contributed by atoms with Crippen molar-refractivity contribution >= 4 is 0 Å². The number of rotatable bonds is 6. The second kappa shape index (κ2) is 6.46. The highest BCUT2D eigenvalue weighted by atomic mass is 15.4. The van der Waals surface area contributed by atoms with Gasteiger partial charge in [-0.05, 0) is 39.0 Å². The molecule has 0 aliphatic heterocycles. The predicted molar refractivity (Wildman–Crippen MR) is 67.2 cm³/mol. The van der Waals surface area contributed by atoms with Gasteiger partial charge in [-0.1, -0.05) is 30.7 Å². The van der Waals surface area contributed by atoms with E-state index in [4.69, 9.17) is 0 Å². The first kappa shape index (κ1) is 12.9. The van der Waals surface area contributed by atoms with Gasteiger partial charge in [0.1, 0.15) is 0 Å². The molecule has 0 bridgehead atoms. The molecule has 16 heavy (non-hydrogen) atoms. The maximum Gasteiger partial charge on any atom is 0.0827 e. The van der Waals surface area contributed by atoms with E-state index in [1.54, 1.807) is 0 Å². The monoisotopic (exact) mass is 221 g/mol. The Kier molecular flexibility index (Phi) is 5.23. The quantitative estimate of drug-likeness (QED) is 0.545. The van der Waals surface area contributed by atoms with E-state index in [1.807, 2.05) is 4.68 Å². The molecular formula is C13H23N3. The molecule has 0 saturated carbocycles. The van der Waals surface area contributed by atoms with E-state index in [9.17, 15) is 0 Å². The summed E-state index contributed by atoms with van der Waals surface area (Å²) in [5.41, 5.74) is 2.51. The van der Waals surface area contributed by atoms with Gasteiger partial charge in [-0.3, -0.25) is 4.68 Å². The summed E-state index contributed by atoms with van der Waals surface area (Å²) in [6.45, 7) is 9.62. The Balaban J connectivity index is 2.32. The number of aryl methyl sites for hydroxylation is 1. The van der Waals surface area contributed by atoms with Gasteiger partial charge >= 0.3 is 0 Å². The van der Waals surface area contributed by atoms with E-state index in [1.165, 1.54) is 5.57 Å². The lowest BCUT2D eigenvalue weighted by atomic mass is 10.1. The molecule has 0 fully saturated rings. The van der Waals surface area contributed by atoms with Gasteiger partial charge in [-0.15, -0.1) is 5.10 Å². The lowest BCUT2D eigenvalue weighted by Crippen LogP contribution is -2.04. The van der Waals surface area contributed by atoms with Crippen LogP contribution in [0.3, 0.4) is 0 Å². The molecule has 0 spiro atoms. The highest BCUT2D eigenvalue weighted by Gasteiger charge is 2.01. The standard InChI is InChI=1S/C13H23N3/c1-11(2)7-5-6-8-13-10-16(15-14-13)9-12(3)4/h7,10,12H,5-6,8-9H2,1-4H3. The van der Waals surface area contributed by atoms with E-state index < -0.39 is 0 Å². The molecule has 3 nitrogen and oxygen atoms in total. The number of aromatic nitrogens is 3. The van der Waals surface area contributed by atoms with Gasteiger partial charge in [0.05, 0.1) is 5.69 Å². The van der Waals surface area contributed by atoms with Crippen LogP contribution in [0.1, 0.15) is 46.2 Å². The van der Waals surface area contributed by atoms with Crippen LogP contribution in [-0.4, -0.2) is 15.0 Å². The molecule has 0 aliphatic carbocycles. The zero-order valence-electron chi connectivity index (χ0n) is 10.9. The molecule has 1 aromatic rings. The first-order valence-electron chi connectivity index (χ1n) is 6.10. The number of allylic oxidation sites excluding steroid dienone is 2. The predicted octanol–water partition coefficient (Wildman–Crippen LogP) is 3.22. The molecule has 0 radical (unpaired) electrons. The molecular weight excluding hydrogens is 198 g/mol. The Bertz CT molecular complexity index is 333. The fourth-order valence-electron chi connectivity index (χ4n) is 1.59. The summed E-state index contributed by atoms with van der Waals surface area (Å²) < 4.78 is 1.95. The van der Waals surface area contributed by atoms with Gasteiger partial charge in [0, 0.05) is 12.7 Å². The van der Waals surface area contributed by atoms with Crippen molar-refractivity contribution in [2.45, 2.75) is 53.5 Å². The Labute approximate surface area is 98.6 Å². The summed E-state index contributed by atoms with van der Waals surface area (Å²) in [4.78, 5) is 0. The summed E-state index contributed by atoms with van der Waals surface area (Å²) in [7, 11) is 0. The Morgan fingerprint density at radius 3 is 2.81 bits per heavy atom. The maximum atomic E-state index is 4.18. The van der Waals surface area contributed by atoms with Crippen LogP contribution in [0.2, 0.25) is 0 Å². The van der Waals surface area contributed by atoms with Crippen LogP contribution in [-0.2, 0) is 13.0 Å². The zero-order chi connectivity index (χ0) is 12.0. The van der Waals surface area contributed by atoms with Gasteiger partial charge in [0.2, 0.25) is 0 Å². The van der Waals surface area contributed by atoms with E-state index in [0.717, 1.165) is 31.5 Å². The SMILES string of the molecule is CC(C)=CCCCc1cn(CC(C)C)nn1. The van der Waals surface area contributed by atoms with Crippen LogP contribution in [0.4, 0.5) is 0 Å². The fraction of sp³-hybridized carbons (Fsp3) is 0.692. The minimum absolute atomic E-state index is 0.625. The molecule has 0 atom stereocenters. The van der Waals surface area contributed by atoms with Crippen LogP contribution in [0, 0.1) is 5.92 Å². The third-order valence-electron chi connectivity index (χ3n) is 2.33. The summed E-state index contributed by atoms with van der Waals surface area (Å²) in [6.07, 6.45) is 7.67. The molecule has 3 heteroatoms. The first-order chi connectivity index (χ1) is 7.58. The van der Waals surface area contributed by atoms with Gasteiger partial charge < -0.3 is 0 Å². The lowest BCUT2D eigenvalue weighted by molar-refractivity contribution is 0.472. The van der Waals surface area contributed by atoms with Gasteiger partial charge in [-0.2, -0.15) is 0 Å². The molecule has 0 N–H and O–H groups in total. The van der Waals surface area contributed by atoms with Crippen molar-refractivity contribution in [3.8, 4) is 0 Å². The highest BCUT2D eigenvalue weighted by molar-refractivity contribution is 4.96. The minimum Gasteiger partial charge on any atom is -0.252 e. The van der Waals surface area contributed by atoms with Crippen LogP contribution >= 0.6 is 0 Å². The van der Waals surface area contributed by atoms with Crippen molar-refractivity contribution < 1.29 is 0 Å². The van der Waals surface area contributed by atoms with E-state index in [-0.39, 0.29) is 0 Å². The second-order valence-corrected chi connectivity index (χ2v) is 5.00. The fourth-order valence-corrected chi connectivity index (χ4v) is 1.59. The summed E-state index contributed by atoms with van der Waals surface area (Å²) >= 11 is 0. The summed E-state index contributed by atoms with van der Waals surface area (Å²) in [5, 5.41) is 8.30. The number of unbranched alkanes of at least 4 members (excludes halogenated alkanes) is 1. The van der Waals surface area contributed by atoms with Crippen LogP contribution in [0.5, 0.6) is 0 Å². The van der Waals surface area contributed by atoms with E-state index in [0.29, 0.717) is 5.92 Å². The molecule has 0 saturated heterocycles. The van der Waals surface area contributed by atoms with Crippen LogP contribution in [0.15, 0.2) is 17.8 Å². The molecule has 0 aromatic carbocycles. The summed E-state index contributed by atoms with van der Waals surface area (Å²) in [5.74, 6) is 0.625. The van der Waals surface area contributed by atoms with E-state index in [2.05, 4.69) is 50.3 Å². The topological polar surface area (TPSA) is 30.7 Å².